The molecule has 2 rings (SSSR count). The molecule has 3 heteroatoms. The topological polar surface area (TPSA) is 58.9 Å². The molecule has 1 heterocycles. The fourth-order valence-corrected chi connectivity index (χ4v) is 1.72. The van der Waals surface area contributed by atoms with Crippen LogP contribution in [0.2, 0.25) is 0 Å². The number of nitrogen functional groups attached to an aromatic ring is 1. The van der Waals surface area contributed by atoms with Crippen LogP contribution in [-0.4, -0.2) is 11.3 Å². The Balaban J connectivity index is 2.93. The molecule has 2 aromatic rings. The molecule has 0 aliphatic carbocycles. The van der Waals surface area contributed by atoms with Gasteiger partial charge in [-0.2, -0.15) is 0 Å². The summed E-state index contributed by atoms with van der Waals surface area (Å²) in [6, 6.07) is 3.89. The van der Waals surface area contributed by atoms with Crippen molar-refractivity contribution < 1.29 is 4.79 Å². The van der Waals surface area contributed by atoms with E-state index < -0.39 is 0 Å². The minimum absolute atomic E-state index is 0.609. The molecular formula is C11H12N2O. The first-order valence-electron chi connectivity index (χ1n) is 4.47. The zero-order valence-corrected chi connectivity index (χ0v) is 8.22. The summed E-state index contributed by atoms with van der Waals surface area (Å²) < 4.78 is 0. The number of aryl methyl sites for hydroxylation is 2. The van der Waals surface area contributed by atoms with Gasteiger partial charge in [-0.3, -0.25) is 4.79 Å². The zero-order chi connectivity index (χ0) is 10.3. The van der Waals surface area contributed by atoms with E-state index in [0.29, 0.717) is 5.69 Å². The van der Waals surface area contributed by atoms with Crippen molar-refractivity contribution >= 4 is 22.9 Å². The number of benzene rings is 1. The summed E-state index contributed by atoms with van der Waals surface area (Å²) >= 11 is 0. The van der Waals surface area contributed by atoms with Crippen molar-refractivity contribution in [1.29, 1.82) is 0 Å². The number of anilines is 1. The first-order valence-corrected chi connectivity index (χ1v) is 4.47. The van der Waals surface area contributed by atoms with E-state index in [4.69, 9.17) is 5.73 Å². The van der Waals surface area contributed by atoms with Crippen molar-refractivity contribution in [3.05, 3.63) is 29.0 Å². The number of nitrogens with two attached hydrogens (primary N) is 1. The molecule has 0 amide bonds. The SMILES string of the molecule is Cc1ccc2[nH]c(C=O)c(C)c2c1N. The van der Waals surface area contributed by atoms with E-state index in [1.165, 1.54) is 0 Å². The number of aldehydes is 1. The van der Waals surface area contributed by atoms with Crippen molar-refractivity contribution in [2.24, 2.45) is 0 Å². The molecule has 0 unspecified atom stereocenters. The van der Waals surface area contributed by atoms with Crippen LogP contribution in [0.5, 0.6) is 0 Å². The molecule has 1 aromatic heterocycles. The minimum Gasteiger partial charge on any atom is -0.398 e. The molecule has 0 aliphatic heterocycles. The van der Waals surface area contributed by atoms with Gasteiger partial charge in [0, 0.05) is 16.6 Å². The van der Waals surface area contributed by atoms with Crippen LogP contribution in [0, 0.1) is 13.8 Å². The van der Waals surface area contributed by atoms with E-state index in [1.54, 1.807) is 0 Å². The molecule has 0 radical (unpaired) electrons. The molecule has 0 aliphatic rings. The number of aromatic nitrogens is 1. The van der Waals surface area contributed by atoms with Gasteiger partial charge >= 0.3 is 0 Å². The molecule has 0 bridgehead atoms. The van der Waals surface area contributed by atoms with E-state index in [2.05, 4.69) is 4.98 Å². The summed E-state index contributed by atoms with van der Waals surface area (Å²) in [5.74, 6) is 0. The van der Waals surface area contributed by atoms with E-state index >= 15 is 0 Å². The van der Waals surface area contributed by atoms with Gasteiger partial charge in [-0.25, -0.2) is 0 Å². The summed E-state index contributed by atoms with van der Waals surface area (Å²) in [6.07, 6.45) is 0.824. The number of carbonyl (C=O) groups is 1. The Morgan fingerprint density at radius 2 is 2.07 bits per heavy atom. The third-order valence-corrected chi connectivity index (χ3v) is 2.63. The maximum Gasteiger partial charge on any atom is 0.166 e. The maximum atomic E-state index is 10.7. The molecule has 1 aromatic carbocycles. The fourth-order valence-electron chi connectivity index (χ4n) is 1.72. The van der Waals surface area contributed by atoms with Crippen LogP contribution in [0.15, 0.2) is 12.1 Å². The average Bonchev–Trinajstić information content (AvgIpc) is 2.50. The zero-order valence-electron chi connectivity index (χ0n) is 8.22. The smallest absolute Gasteiger partial charge is 0.166 e. The van der Waals surface area contributed by atoms with Crippen LogP contribution in [0.3, 0.4) is 0 Å². The third kappa shape index (κ3) is 1.02. The van der Waals surface area contributed by atoms with Gasteiger partial charge in [0.05, 0.1) is 5.69 Å². The van der Waals surface area contributed by atoms with Gasteiger partial charge in [0.25, 0.3) is 0 Å². The Morgan fingerprint density at radius 1 is 1.36 bits per heavy atom. The number of nitrogens with one attached hydrogen (secondary N) is 1. The normalized spacial score (nSPS) is 10.7. The molecule has 0 saturated carbocycles. The van der Waals surface area contributed by atoms with Gasteiger partial charge in [0.1, 0.15) is 0 Å². The summed E-state index contributed by atoms with van der Waals surface area (Å²) in [6.45, 7) is 3.86. The third-order valence-electron chi connectivity index (χ3n) is 2.63. The lowest BCUT2D eigenvalue weighted by molar-refractivity contribution is 0.111. The molecule has 3 nitrogen and oxygen atoms in total. The quantitative estimate of drug-likeness (QED) is 0.532. The number of fused-ring (bicyclic) bond motifs is 1. The van der Waals surface area contributed by atoms with Crippen molar-refractivity contribution in [2.75, 3.05) is 5.73 Å². The number of hydrogen-bond acceptors (Lipinski definition) is 2. The lowest BCUT2D eigenvalue weighted by Gasteiger charge is -2.01. The molecule has 0 fully saturated rings. The highest BCUT2D eigenvalue weighted by Gasteiger charge is 2.10. The molecule has 0 spiro atoms. The van der Waals surface area contributed by atoms with E-state index in [9.17, 15) is 4.79 Å². The number of hydrogen-bond donors (Lipinski definition) is 2. The molecule has 0 saturated heterocycles. The van der Waals surface area contributed by atoms with E-state index in [0.717, 1.165) is 34.0 Å². The van der Waals surface area contributed by atoms with E-state index in [1.807, 2.05) is 26.0 Å². The second-order valence-electron chi connectivity index (χ2n) is 3.50. The van der Waals surface area contributed by atoms with Gasteiger partial charge in [-0.05, 0) is 31.0 Å². The van der Waals surface area contributed by atoms with Crippen LogP contribution in [0.25, 0.3) is 10.9 Å². The lowest BCUT2D eigenvalue weighted by Crippen LogP contribution is -1.90. The van der Waals surface area contributed by atoms with E-state index in [-0.39, 0.29) is 0 Å². The standard InChI is InChI=1S/C11H12N2O/c1-6-3-4-8-10(11(6)12)7(2)9(5-14)13-8/h3-5,13H,12H2,1-2H3. The Labute approximate surface area is 81.9 Å². The number of carbonyl (C=O) groups excluding carboxylic acids is 1. The molecular weight excluding hydrogens is 176 g/mol. The van der Waals surface area contributed by atoms with Crippen LogP contribution < -0.4 is 5.73 Å². The van der Waals surface area contributed by atoms with Crippen molar-refractivity contribution in [3.63, 3.8) is 0 Å². The predicted octanol–water partition coefficient (Wildman–Crippen LogP) is 2.18. The summed E-state index contributed by atoms with van der Waals surface area (Å²) in [5, 5.41) is 0.965. The Morgan fingerprint density at radius 3 is 2.71 bits per heavy atom. The van der Waals surface area contributed by atoms with Crippen molar-refractivity contribution in [2.45, 2.75) is 13.8 Å². The van der Waals surface area contributed by atoms with Crippen LogP contribution in [0.1, 0.15) is 21.6 Å². The summed E-state index contributed by atoms with van der Waals surface area (Å²) in [5.41, 5.74) is 10.2. The summed E-state index contributed by atoms with van der Waals surface area (Å²) in [7, 11) is 0. The molecule has 72 valence electrons. The molecule has 0 atom stereocenters. The first-order chi connectivity index (χ1) is 6.65. The fraction of sp³-hybridized carbons (Fsp3) is 0.182. The minimum atomic E-state index is 0.609. The lowest BCUT2D eigenvalue weighted by atomic mass is 10.1. The monoisotopic (exact) mass is 188 g/mol. The largest absolute Gasteiger partial charge is 0.398 e. The van der Waals surface area contributed by atoms with Crippen LogP contribution >= 0.6 is 0 Å². The Hall–Kier alpha value is -1.77. The van der Waals surface area contributed by atoms with Gasteiger partial charge in [0.15, 0.2) is 6.29 Å². The highest BCUT2D eigenvalue weighted by molar-refractivity contribution is 6.00. The highest BCUT2D eigenvalue weighted by atomic mass is 16.1. The average molecular weight is 188 g/mol. The maximum absolute atomic E-state index is 10.7. The van der Waals surface area contributed by atoms with Crippen molar-refractivity contribution in [3.8, 4) is 0 Å². The predicted molar refractivity (Wildman–Crippen MR) is 57.6 cm³/mol. The van der Waals surface area contributed by atoms with Crippen LogP contribution in [-0.2, 0) is 0 Å². The number of H-pyrrole nitrogens is 1. The number of rotatable bonds is 1. The Kier molecular flexibility index (Phi) is 1.81. The first kappa shape index (κ1) is 8.81. The van der Waals surface area contributed by atoms with Gasteiger partial charge in [-0.1, -0.05) is 6.07 Å². The second kappa shape index (κ2) is 2.87. The highest BCUT2D eigenvalue weighted by Crippen LogP contribution is 2.28. The van der Waals surface area contributed by atoms with Gasteiger partial charge < -0.3 is 10.7 Å². The van der Waals surface area contributed by atoms with Gasteiger partial charge in [-0.15, -0.1) is 0 Å². The number of aromatic amines is 1. The summed E-state index contributed by atoms with van der Waals surface area (Å²) in [4.78, 5) is 13.8. The molecule has 3 N–H and O–H groups in total. The van der Waals surface area contributed by atoms with Crippen molar-refractivity contribution in [1.82, 2.24) is 4.98 Å². The Bertz CT molecular complexity index is 511. The van der Waals surface area contributed by atoms with Gasteiger partial charge in [0.2, 0.25) is 0 Å². The molecule has 14 heavy (non-hydrogen) atoms. The second-order valence-corrected chi connectivity index (χ2v) is 3.50. The van der Waals surface area contributed by atoms with Crippen LogP contribution in [0.4, 0.5) is 5.69 Å².